The minimum Gasteiger partial charge on any atom is -0.396 e. The molecule has 0 aromatic carbocycles. The summed E-state index contributed by atoms with van der Waals surface area (Å²) >= 11 is 0. The highest BCUT2D eigenvalue weighted by Crippen LogP contribution is 2.23. The van der Waals surface area contributed by atoms with Gasteiger partial charge in [0.15, 0.2) is 9.84 Å². The van der Waals surface area contributed by atoms with E-state index in [1.165, 1.54) is 0 Å². The molecule has 1 aromatic heterocycles. The maximum atomic E-state index is 11.6. The van der Waals surface area contributed by atoms with Crippen molar-refractivity contribution in [3.8, 4) is 0 Å². The molecule has 6 heteroatoms. The lowest BCUT2D eigenvalue weighted by atomic mass is 10.2. The van der Waals surface area contributed by atoms with Gasteiger partial charge in [-0.25, -0.2) is 13.4 Å². The van der Waals surface area contributed by atoms with Crippen LogP contribution in [0.25, 0.3) is 0 Å². The van der Waals surface area contributed by atoms with Crippen LogP contribution in [0.2, 0.25) is 0 Å². The summed E-state index contributed by atoms with van der Waals surface area (Å²) in [5.74, 6) is 0.878. The second-order valence-electron chi connectivity index (χ2n) is 4.40. The maximum absolute atomic E-state index is 11.6. The molecule has 1 saturated heterocycles. The molecule has 2 rings (SSSR count). The Morgan fingerprint density at radius 1 is 1.59 bits per heavy atom. The zero-order chi connectivity index (χ0) is 12.5. The summed E-state index contributed by atoms with van der Waals surface area (Å²) < 4.78 is 23.3. The Kier molecular flexibility index (Phi) is 3.24. The van der Waals surface area contributed by atoms with Crippen LogP contribution in [-0.4, -0.2) is 30.9 Å². The number of aryl methyl sites for hydroxylation is 1. The monoisotopic (exact) mass is 255 g/mol. The van der Waals surface area contributed by atoms with Gasteiger partial charge in [-0.1, -0.05) is 0 Å². The number of nitrogen functional groups attached to an aromatic ring is 1. The first kappa shape index (κ1) is 12.2. The fourth-order valence-electron chi connectivity index (χ4n) is 2.01. The van der Waals surface area contributed by atoms with Gasteiger partial charge < -0.3 is 11.1 Å². The summed E-state index contributed by atoms with van der Waals surface area (Å²) in [5, 5.41) is 2.73. The molecule has 3 N–H and O–H groups in total. The topological polar surface area (TPSA) is 85.1 Å². The largest absolute Gasteiger partial charge is 0.396 e. The van der Waals surface area contributed by atoms with Gasteiger partial charge in [-0.3, -0.25) is 0 Å². The zero-order valence-electron chi connectivity index (χ0n) is 9.81. The van der Waals surface area contributed by atoms with E-state index in [-0.39, 0.29) is 5.25 Å². The van der Waals surface area contributed by atoms with E-state index in [1.807, 2.05) is 13.0 Å². The molecule has 1 aliphatic heterocycles. The maximum Gasteiger partial charge on any atom is 0.154 e. The van der Waals surface area contributed by atoms with E-state index in [0.717, 1.165) is 18.4 Å². The average Bonchev–Trinajstić information content (AvgIpc) is 2.60. The van der Waals surface area contributed by atoms with E-state index in [4.69, 9.17) is 5.73 Å². The number of anilines is 2. The quantitative estimate of drug-likeness (QED) is 0.840. The van der Waals surface area contributed by atoms with Gasteiger partial charge >= 0.3 is 0 Å². The van der Waals surface area contributed by atoms with E-state index in [1.54, 1.807) is 6.20 Å². The van der Waals surface area contributed by atoms with Crippen LogP contribution in [0.5, 0.6) is 0 Å². The van der Waals surface area contributed by atoms with Crippen molar-refractivity contribution < 1.29 is 8.42 Å². The second-order valence-corrected chi connectivity index (χ2v) is 6.80. The summed E-state index contributed by atoms with van der Waals surface area (Å²) in [5.41, 5.74) is 7.39. The minimum atomic E-state index is -2.91. The number of sulfone groups is 1. The van der Waals surface area contributed by atoms with E-state index in [2.05, 4.69) is 10.3 Å². The lowest BCUT2D eigenvalue weighted by Crippen LogP contribution is -2.25. The number of aromatic nitrogens is 1. The highest BCUT2D eigenvalue weighted by molar-refractivity contribution is 7.92. The lowest BCUT2D eigenvalue weighted by Gasteiger charge is -2.13. The van der Waals surface area contributed by atoms with Crippen LogP contribution in [0.3, 0.4) is 0 Å². The first-order chi connectivity index (χ1) is 8.00. The standard InChI is InChI=1S/C11H17N3O2S/c1-8-4-5-13-11(10(8)12)14-7-9-3-2-6-17(9,15)16/h4-5,9H,2-3,6-7,12H2,1H3,(H,13,14). The number of pyridine rings is 1. The summed E-state index contributed by atoms with van der Waals surface area (Å²) in [6, 6.07) is 1.83. The van der Waals surface area contributed by atoms with E-state index in [0.29, 0.717) is 23.8 Å². The molecule has 0 amide bonds. The van der Waals surface area contributed by atoms with Gasteiger partial charge in [0.05, 0.1) is 16.7 Å². The third kappa shape index (κ3) is 2.52. The Bertz CT molecular complexity index is 513. The summed E-state index contributed by atoms with van der Waals surface area (Å²) in [4.78, 5) is 4.12. The molecule has 0 aliphatic carbocycles. The molecule has 0 spiro atoms. The van der Waals surface area contributed by atoms with Crippen molar-refractivity contribution in [2.75, 3.05) is 23.3 Å². The molecule has 1 aromatic rings. The Morgan fingerprint density at radius 3 is 3.00 bits per heavy atom. The van der Waals surface area contributed by atoms with Crippen LogP contribution < -0.4 is 11.1 Å². The van der Waals surface area contributed by atoms with Gasteiger partial charge in [-0.05, 0) is 31.4 Å². The molecule has 0 saturated carbocycles. The van der Waals surface area contributed by atoms with E-state index in [9.17, 15) is 8.42 Å². The molecule has 1 aliphatic rings. The van der Waals surface area contributed by atoms with Gasteiger partial charge in [0, 0.05) is 12.7 Å². The van der Waals surface area contributed by atoms with Crippen molar-refractivity contribution in [3.05, 3.63) is 17.8 Å². The van der Waals surface area contributed by atoms with Crippen molar-refractivity contribution in [1.82, 2.24) is 4.98 Å². The Labute approximate surface area is 101 Å². The van der Waals surface area contributed by atoms with Crippen LogP contribution in [0.15, 0.2) is 12.3 Å². The predicted octanol–water partition coefficient (Wildman–Crippen LogP) is 0.961. The molecule has 2 heterocycles. The molecule has 17 heavy (non-hydrogen) atoms. The number of nitrogens with two attached hydrogens (primary N) is 1. The Hall–Kier alpha value is -1.30. The third-order valence-corrected chi connectivity index (χ3v) is 5.44. The molecule has 0 radical (unpaired) electrons. The Balaban J connectivity index is 2.06. The van der Waals surface area contributed by atoms with Crippen LogP contribution in [0.1, 0.15) is 18.4 Å². The molecule has 1 atom stereocenters. The van der Waals surface area contributed by atoms with Gasteiger partial charge in [-0.2, -0.15) is 0 Å². The number of hydrogen-bond acceptors (Lipinski definition) is 5. The van der Waals surface area contributed by atoms with Crippen molar-refractivity contribution in [2.45, 2.75) is 25.0 Å². The molecule has 5 nitrogen and oxygen atoms in total. The van der Waals surface area contributed by atoms with Crippen molar-refractivity contribution in [2.24, 2.45) is 0 Å². The minimum absolute atomic E-state index is 0.302. The van der Waals surface area contributed by atoms with Crippen molar-refractivity contribution in [3.63, 3.8) is 0 Å². The summed E-state index contributed by atoms with van der Waals surface area (Å²) in [6.07, 6.45) is 3.14. The van der Waals surface area contributed by atoms with Gasteiger partial charge in [-0.15, -0.1) is 0 Å². The lowest BCUT2D eigenvalue weighted by molar-refractivity contribution is 0.591. The average molecular weight is 255 g/mol. The first-order valence-electron chi connectivity index (χ1n) is 5.67. The van der Waals surface area contributed by atoms with E-state index < -0.39 is 9.84 Å². The first-order valence-corrected chi connectivity index (χ1v) is 7.39. The number of rotatable bonds is 3. The predicted molar refractivity (Wildman–Crippen MR) is 68.7 cm³/mol. The fraction of sp³-hybridized carbons (Fsp3) is 0.545. The Morgan fingerprint density at radius 2 is 2.35 bits per heavy atom. The second kappa shape index (κ2) is 4.52. The highest BCUT2D eigenvalue weighted by atomic mass is 32.2. The van der Waals surface area contributed by atoms with Crippen molar-refractivity contribution in [1.29, 1.82) is 0 Å². The number of hydrogen-bond donors (Lipinski definition) is 2. The van der Waals surface area contributed by atoms with Crippen LogP contribution in [-0.2, 0) is 9.84 Å². The number of nitrogens with one attached hydrogen (secondary N) is 1. The van der Waals surface area contributed by atoms with Gasteiger partial charge in [0.1, 0.15) is 5.82 Å². The zero-order valence-corrected chi connectivity index (χ0v) is 10.6. The van der Waals surface area contributed by atoms with Gasteiger partial charge in [0.25, 0.3) is 0 Å². The highest BCUT2D eigenvalue weighted by Gasteiger charge is 2.30. The SMILES string of the molecule is Cc1ccnc(NCC2CCCS2(=O)=O)c1N. The molecule has 0 bridgehead atoms. The summed E-state index contributed by atoms with van der Waals surface area (Å²) in [6.45, 7) is 2.29. The molecule has 94 valence electrons. The molecular weight excluding hydrogens is 238 g/mol. The third-order valence-electron chi connectivity index (χ3n) is 3.17. The van der Waals surface area contributed by atoms with Gasteiger partial charge in [0.2, 0.25) is 0 Å². The fourth-order valence-corrected chi connectivity index (χ4v) is 3.77. The normalized spacial score (nSPS) is 22.5. The van der Waals surface area contributed by atoms with Crippen LogP contribution in [0, 0.1) is 6.92 Å². The summed E-state index contributed by atoms with van der Waals surface area (Å²) in [7, 11) is -2.91. The smallest absolute Gasteiger partial charge is 0.154 e. The number of nitrogens with zero attached hydrogens (tertiary/aromatic N) is 1. The molecular formula is C11H17N3O2S. The van der Waals surface area contributed by atoms with Crippen LogP contribution >= 0.6 is 0 Å². The van der Waals surface area contributed by atoms with Crippen molar-refractivity contribution >= 4 is 21.3 Å². The van der Waals surface area contributed by atoms with E-state index >= 15 is 0 Å². The molecule has 1 fully saturated rings. The molecule has 1 unspecified atom stereocenters. The van der Waals surface area contributed by atoms with Crippen LogP contribution in [0.4, 0.5) is 11.5 Å².